The highest BCUT2D eigenvalue weighted by Gasteiger charge is 2.16. The van der Waals surface area contributed by atoms with Crippen molar-refractivity contribution in [2.45, 2.75) is 6.92 Å². The molecule has 0 spiro atoms. The van der Waals surface area contributed by atoms with Gasteiger partial charge in [-0.3, -0.25) is 4.79 Å². The van der Waals surface area contributed by atoms with Crippen LogP contribution in [0.4, 0.5) is 0 Å². The number of rotatable bonds is 2. The van der Waals surface area contributed by atoms with Crippen LogP contribution in [0, 0.1) is 19.3 Å². The lowest BCUT2D eigenvalue weighted by atomic mass is 10.0. The molecule has 27 heavy (non-hydrogen) atoms. The molecule has 1 aromatic carbocycles. The first-order valence-electron chi connectivity index (χ1n) is 8.17. The highest BCUT2D eigenvalue weighted by molar-refractivity contribution is 6.29. The summed E-state index contributed by atoms with van der Waals surface area (Å²) >= 11 is 6.14. The number of pyridine rings is 2. The molecule has 3 heterocycles. The van der Waals surface area contributed by atoms with Crippen molar-refractivity contribution in [2.24, 2.45) is 0 Å². The molecule has 6 heteroatoms. The second-order valence-electron chi connectivity index (χ2n) is 6.00. The molecule has 0 aliphatic rings. The molecule has 0 saturated heterocycles. The van der Waals surface area contributed by atoms with Crippen LogP contribution in [-0.4, -0.2) is 19.9 Å². The van der Waals surface area contributed by atoms with Gasteiger partial charge in [-0.15, -0.1) is 6.42 Å². The molecular weight excluding hydrogens is 360 g/mol. The average molecular weight is 373 g/mol. The number of hydrogen-bond donors (Lipinski definition) is 1. The van der Waals surface area contributed by atoms with Gasteiger partial charge in [0, 0.05) is 22.9 Å². The average Bonchev–Trinajstić information content (AvgIpc) is 2.67. The zero-order valence-corrected chi connectivity index (χ0v) is 15.1. The smallest absolute Gasteiger partial charge is 0.210 e. The fourth-order valence-electron chi connectivity index (χ4n) is 2.90. The van der Waals surface area contributed by atoms with E-state index in [1.807, 2.05) is 43.3 Å². The van der Waals surface area contributed by atoms with Crippen molar-refractivity contribution in [3.8, 4) is 34.9 Å². The Morgan fingerprint density at radius 1 is 1.00 bits per heavy atom. The molecule has 0 radical (unpaired) electrons. The summed E-state index contributed by atoms with van der Waals surface area (Å²) in [5, 5.41) is 0.350. The fraction of sp³-hybridized carbons (Fsp3) is 0.0476. The summed E-state index contributed by atoms with van der Waals surface area (Å²) in [5.74, 6) is 2.43. The van der Waals surface area contributed by atoms with E-state index in [2.05, 4.69) is 25.9 Å². The minimum absolute atomic E-state index is 0.217. The molecule has 3 aromatic heterocycles. The van der Waals surface area contributed by atoms with E-state index in [1.54, 1.807) is 6.07 Å². The van der Waals surface area contributed by atoms with Crippen molar-refractivity contribution in [2.75, 3.05) is 0 Å². The third kappa shape index (κ3) is 3.19. The number of aromatic nitrogens is 4. The molecule has 1 N–H and O–H groups in total. The maximum absolute atomic E-state index is 12.5. The van der Waals surface area contributed by atoms with Crippen molar-refractivity contribution in [3.05, 3.63) is 75.3 Å². The number of benzene rings is 1. The van der Waals surface area contributed by atoms with Crippen LogP contribution >= 0.6 is 11.6 Å². The second-order valence-corrected chi connectivity index (χ2v) is 6.38. The summed E-state index contributed by atoms with van der Waals surface area (Å²) in [4.78, 5) is 28.9. The van der Waals surface area contributed by atoms with Gasteiger partial charge in [0.1, 0.15) is 5.15 Å². The van der Waals surface area contributed by atoms with E-state index in [4.69, 9.17) is 18.0 Å². The Labute approximate surface area is 160 Å². The van der Waals surface area contributed by atoms with Crippen LogP contribution in [0.2, 0.25) is 5.15 Å². The van der Waals surface area contributed by atoms with Gasteiger partial charge in [-0.25, -0.2) is 15.0 Å². The van der Waals surface area contributed by atoms with Crippen LogP contribution in [0.3, 0.4) is 0 Å². The van der Waals surface area contributed by atoms with Gasteiger partial charge in [-0.05, 0) is 19.1 Å². The van der Waals surface area contributed by atoms with Gasteiger partial charge in [0.2, 0.25) is 5.43 Å². The molecule has 0 amide bonds. The van der Waals surface area contributed by atoms with Crippen molar-refractivity contribution >= 4 is 22.8 Å². The molecule has 0 bridgehead atoms. The van der Waals surface area contributed by atoms with E-state index < -0.39 is 0 Å². The lowest BCUT2D eigenvalue weighted by molar-refractivity contribution is 1.18. The van der Waals surface area contributed by atoms with Gasteiger partial charge < -0.3 is 4.98 Å². The molecule has 4 aromatic rings. The predicted molar refractivity (Wildman–Crippen MR) is 107 cm³/mol. The Kier molecular flexibility index (Phi) is 4.19. The van der Waals surface area contributed by atoms with Crippen LogP contribution in [-0.2, 0) is 0 Å². The standard InChI is InChI=1S/C21H13ClN4O/c1-3-15-11-16(27)20-21(24-15)26-18(13-7-5-4-6-8-13)19(25-20)14-9-12(2)23-17(22)10-14/h1,4-11H,2H3,(H,24,26,27). The fourth-order valence-corrected chi connectivity index (χ4v) is 3.15. The van der Waals surface area contributed by atoms with Crippen molar-refractivity contribution in [3.63, 3.8) is 0 Å². The van der Waals surface area contributed by atoms with Crippen LogP contribution in [0.25, 0.3) is 33.7 Å². The summed E-state index contributed by atoms with van der Waals surface area (Å²) in [6.07, 6.45) is 5.42. The lowest BCUT2D eigenvalue weighted by Crippen LogP contribution is -2.09. The van der Waals surface area contributed by atoms with E-state index in [0.29, 0.717) is 27.9 Å². The molecule has 0 aliphatic heterocycles. The molecular formula is C21H13ClN4O. The van der Waals surface area contributed by atoms with Crippen molar-refractivity contribution < 1.29 is 0 Å². The van der Waals surface area contributed by atoms with Crippen molar-refractivity contribution in [1.29, 1.82) is 0 Å². The largest absolute Gasteiger partial charge is 0.331 e. The van der Waals surface area contributed by atoms with Crippen LogP contribution < -0.4 is 5.43 Å². The summed E-state index contributed by atoms with van der Waals surface area (Å²) in [6, 6.07) is 14.5. The minimum Gasteiger partial charge on any atom is -0.331 e. The van der Waals surface area contributed by atoms with E-state index in [1.165, 1.54) is 6.07 Å². The molecule has 0 fully saturated rings. The molecule has 5 nitrogen and oxygen atoms in total. The zero-order chi connectivity index (χ0) is 19.0. The minimum atomic E-state index is -0.290. The van der Waals surface area contributed by atoms with Gasteiger partial charge in [0.25, 0.3) is 0 Å². The Balaban J connectivity index is 2.11. The molecule has 0 unspecified atom stereocenters. The van der Waals surface area contributed by atoms with E-state index >= 15 is 0 Å². The Bertz CT molecular complexity index is 1250. The number of H-pyrrole nitrogens is 1. The highest BCUT2D eigenvalue weighted by Crippen LogP contribution is 2.31. The maximum Gasteiger partial charge on any atom is 0.210 e. The first kappa shape index (κ1) is 17.0. The normalized spacial score (nSPS) is 10.7. The number of nitrogens with one attached hydrogen (secondary N) is 1. The maximum atomic E-state index is 12.5. The van der Waals surface area contributed by atoms with Gasteiger partial charge in [-0.2, -0.15) is 0 Å². The first-order chi connectivity index (χ1) is 13.0. The van der Waals surface area contributed by atoms with E-state index in [0.717, 1.165) is 16.8 Å². The predicted octanol–water partition coefficient (Wildman–Crippen LogP) is 3.99. The topological polar surface area (TPSA) is 71.5 Å². The van der Waals surface area contributed by atoms with Gasteiger partial charge >= 0.3 is 0 Å². The summed E-state index contributed by atoms with van der Waals surface area (Å²) in [7, 11) is 0. The number of terminal acetylenes is 1. The Morgan fingerprint density at radius 2 is 1.74 bits per heavy atom. The zero-order valence-electron chi connectivity index (χ0n) is 14.3. The van der Waals surface area contributed by atoms with Gasteiger partial charge in [0.05, 0.1) is 17.1 Å². The van der Waals surface area contributed by atoms with Gasteiger partial charge in [-0.1, -0.05) is 47.9 Å². The van der Waals surface area contributed by atoms with E-state index in [9.17, 15) is 4.79 Å². The molecule has 4 rings (SSSR count). The number of aryl methyl sites for hydroxylation is 1. The molecule has 0 aliphatic carbocycles. The summed E-state index contributed by atoms with van der Waals surface area (Å²) < 4.78 is 0. The van der Waals surface area contributed by atoms with Crippen LogP contribution in [0.5, 0.6) is 0 Å². The first-order valence-corrected chi connectivity index (χ1v) is 8.54. The summed E-state index contributed by atoms with van der Waals surface area (Å²) in [6.45, 7) is 1.85. The lowest BCUT2D eigenvalue weighted by Gasteiger charge is -2.11. The quantitative estimate of drug-likeness (QED) is 0.426. The van der Waals surface area contributed by atoms with E-state index in [-0.39, 0.29) is 10.9 Å². The number of nitrogens with zero attached hydrogens (tertiary/aromatic N) is 3. The number of hydrogen-bond acceptors (Lipinski definition) is 4. The van der Waals surface area contributed by atoms with Crippen molar-refractivity contribution in [1.82, 2.24) is 19.9 Å². The monoisotopic (exact) mass is 372 g/mol. The SMILES string of the molecule is C#Cc1cc(=O)c2nc(-c3cc(C)nc(Cl)c3)c(-c3ccccc3)nc2[nH]1. The third-order valence-electron chi connectivity index (χ3n) is 4.06. The molecule has 0 atom stereocenters. The Morgan fingerprint density at radius 3 is 2.44 bits per heavy atom. The summed E-state index contributed by atoms with van der Waals surface area (Å²) in [5.41, 5.74) is 4.15. The number of halogens is 1. The van der Waals surface area contributed by atoms with Gasteiger partial charge in [0.15, 0.2) is 11.2 Å². The van der Waals surface area contributed by atoms with Crippen LogP contribution in [0.15, 0.2) is 53.3 Å². The number of fused-ring (bicyclic) bond motifs is 1. The highest BCUT2D eigenvalue weighted by atomic mass is 35.5. The third-order valence-corrected chi connectivity index (χ3v) is 4.25. The molecule has 130 valence electrons. The number of aromatic amines is 1. The van der Waals surface area contributed by atoms with Crippen LogP contribution in [0.1, 0.15) is 11.4 Å². The Hall–Kier alpha value is -3.49. The molecule has 0 saturated carbocycles. The second kappa shape index (κ2) is 6.67.